The van der Waals surface area contributed by atoms with Crippen LogP contribution in [0.25, 0.3) is 93.6 Å². The van der Waals surface area contributed by atoms with Crippen LogP contribution in [0.4, 0.5) is 0 Å². The zero-order chi connectivity index (χ0) is 30.6. The van der Waals surface area contributed by atoms with Crippen LogP contribution < -0.4 is 0 Å². The Morgan fingerprint density at radius 1 is 0.404 bits per heavy atom. The molecule has 0 saturated carbocycles. The molecule has 47 heavy (non-hydrogen) atoms. The van der Waals surface area contributed by atoms with Gasteiger partial charge in [0.2, 0.25) is 0 Å². The minimum atomic E-state index is 0.715. The van der Waals surface area contributed by atoms with Gasteiger partial charge in [0.1, 0.15) is 11.3 Å². The third kappa shape index (κ3) is 3.21. The summed E-state index contributed by atoms with van der Waals surface area (Å²) in [7, 11) is 0. The third-order valence-corrected chi connectivity index (χ3v) is 9.69. The molecule has 0 fully saturated rings. The summed E-state index contributed by atoms with van der Waals surface area (Å²) in [6.07, 6.45) is 3.66. The van der Waals surface area contributed by atoms with Crippen molar-refractivity contribution in [2.24, 2.45) is 0 Å². The quantitative estimate of drug-likeness (QED) is 0.186. The summed E-state index contributed by atoms with van der Waals surface area (Å²) in [6, 6.07) is 47.6. The molecule has 0 aliphatic rings. The Balaban J connectivity index is 1.41. The van der Waals surface area contributed by atoms with E-state index in [0.717, 1.165) is 55.4 Å². The van der Waals surface area contributed by atoms with Crippen molar-refractivity contribution in [3.63, 3.8) is 0 Å². The van der Waals surface area contributed by atoms with E-state index in [1.165, 1.54) is 32.6 Å². The lowest BCUT2D eigenvalue weighted by Crippen LogP contribution is -1.98. The first-order valence-electron chi connectivity index (χ1n) is 15.8. The van der Waals surface area contributed by atoms with E-state index in [4.69, 9.17) is 9.97 Å². The van der Waals surface area contributed by atoms with E-state index in [9.17, 15) is 0 Å². The summed E-state index contributed by atoms with van der Waals surface area (Å²) < 4.78 is 6.98. The van der Waals surface area contributed by atoms with Crippen molar-refractivity contribution in [1.82, 2.24) is 28.5 Å². The average Bonchev–Trinajstić information content (AvgIpc) is 3.79. The van der Waals surface area contributed by atoms with E-state index < -0.39 is 0 Å². The molecule has 6 aromatic heterocycles. The van der Waals surface area contributed by atoms with E-state index in [1.54, 1.807) is 6.20 Å². The second kappa shape index (κ2) is 9.02. The van der Waals surface area contributed by atoms with Crippen LogP contribution in [-0.2, 0) is 0 Å². The van der Waals surface area contributed by atoms with Crippen molar-refractivity contribution in [3.8, 4) is 11.4 Å². The van der Waals surface area contributed by atoms with E-state index in [2.05, 4.69) is 140 Å². The van der Waals surface area contributed by atoms with Crippen molar-refractivity contribution in [3.05, 3.63) is 146 Å². The number of pyridine rings is 3. The number of fused-ring (bicyclic) bond motifs is 15. The fraction of sp³-hybridized carbons (Fsp3) is 0. The second-order valence-corrected chi connectivity index (χ2v) is 12.1. The predicted molar refractivity (Wildman–Crippen MR) is 192 cm³/mol. The standard InChI is InChI=1S/C41H24N6/c1-3-11-25(12-4-1)45-33-17-8-7-15-27(33)31-23-32-28-19-20-30-37(38(28)46(36(32)24-35(31)45)26-13-5-2-6-14-26)29-16-9-22-43-40(29)47-34-18-10-21-42-39(34)44-41(30)47/h1-24H. The molecular formula is C41H24N6. The summed E-state index contributed by atoms with van der Waals surface area (Å²) in [5.74, 6) is 0. The Labute approximate surface area is 267 Å². The number of benzene rings is 5. The highest BCUT2D eigenvalue weighted by Gasteiger charge is 2.23. The molecule has 5 aromatic carbocycles. The van der Waals surface area contributed by atoms with Crippen molar-refractivity contribution in [1.29, 1.82) is 0 Å². The van der Waals surface area contributed by atoms with Gasteiger partial charge in [-0.05, 0) is 72.8 Å². The molecule has 0 atom stereocenters. The number of aromatic nitrogens is 6. The fourth-order valence-corrected chi connectivity index (χ4v) is 7.80. The van der Waals surface area contributed by atoms with Crippen molar-refractivity contribution < 1.29 is 0 Å². The van der Waals surface area contributed by atoms with Crippen LogP contribution >= 0.6 is 0 Å². The predicted octanol–water partition coefficient (Wildman–Crippen LogP) is 9.78. The van der Waals surface area contributed by atoms with Crippen LogP contribution in [0, 0.1) is 0 Å². The number of rotatable bonds is 2. The van der Waals surface area contributed by atoms with Crippen LogP contribution in [0.5, 0.6) is 0 Å². The van der Waals surface area contributed by atoms with Gasteiger partial charge in [0.05, 0.1) is 27.6 Å². The normalized spacial score (nSPS) is 12.3. The third-order valence-electron chi connectivity index (χ3n) is 9.69. The first-order chi connectivity index (χ1) is 23.3. The molecule has 0 aliphatic heterocycles. The number of hydrogen-bond acceptors (Lipinski definition) is 3. The summed E-state index contributed by atoms with van der Waals surface area (Å²) >= 11 is 0. The van der Waals surface area contributed by atoms with E-state index in [1.807, 2.05) is 18.3 Å². The van der Waals surface area contributed by atoms with Crippen molar-refractivity contribution in [2.45, 2.75) is 0 Å². The molecule has 218 valence electrons. The Morgan fingerprint density at radius 3 is 1.87 bits per heavy atom. The van der Waals surface area contributed by atoms with Gasteiger partial charge in [-0.15, -0.1) is 0 Å². The Bertz CT molecular complexity index is 3060. The van der Waals surface area contributed by atoms with Crippen LogP contribution in [0.2, 0.25) is 0 Å². The first kappa shape index (κ1) is 24.8. The largest absolute Gasteiger partial charge is 0.309 e. The van der Waals surface area contributed by atoms with Gasteiger partial charge in [0.15, 0.2) is 5.65 Å². The van der Waals surface area contributed by atoms with E-state index in [0.29, 0.717) is 5.65 Å². The molecule has 6 heteroatoms. The molecular weight excluding hydrogens is 576 g/mol. The Morgan fingerprint density at radius 2 is 1.02 bits per heavy atom. The molecule has 0 bridgehead atoms. The summed E-state index contributed by atoms with van der Waals surface area (Å²) in [6.45, 7) is 0. The van der Waals surface area contributed by atoms with Crippen molar-refractivity contribution in [2.75, 3.05) is 0 Å². The molecule has 0 saturated heterocycles. The van der Waals surface area contributed by atoms with Crippen molar-refractivity contribution >= 4 is 82.2 Å². The molecule has 6 nitrogen and oxygen atoms in total. The van der Waals surface area contributed by atoms with Gasteiger partial charge in [0, 0.05) is 61.5 Å². The van der Waals surface area contributed by atoms with Crippen LogP contribution in [0.1, 0.15) is 0 Å². The molecule has 11 rings (SSSR count). The van der Waals surface area contributed by atoms with Gasteiger partial charge in [-0.1, -0.05) is 60.7 Å². The summed E-state index contributed by atoms with van der Waals surface area (Å²) in [5, 5.41) is 8.15. The Kier molecular flexibility index (Phi) is 4.75. The summed E-state index contributed by atoms with van der Waals surface area (Å²) in [5.41, 5.74) is 10.3. The van der Waals surface area contributed by atoms with Gasteiger partial charge in [-0.25, -0.2) is 15.0 Å². The molecule has 11 aromatic rings. The SMILES string of the molecule is c1ccc(-n2c3ccccc3c3cc4c5ccc6c(c7cccnc7n7c8cccnc8nc67)c5n(-c5ccccc5)c4cc32)cc1. The molecule has 0 radical (unpaired) electrons. The van der Waals surface area contributed by atoms with Gasteiger partial charge >= 0.3 is 0 Å². The van der Waals surface area contributed by atoms with Gasteiger partial charge in [-0.3, -0.25) is 4.40 Å². The highest BCUT2D eigenvalue weighted by Crippen LogP contribution is 2.44. The maximum absolute atomic E-state index is 5.07. The topological polar surface area (TPSA) is 52.9 Å². The monoisotopic (exact) mass is 600 g/mol. The molecule has 0 unspecified atom stereocenters. The zero-order valence-corrected chi connectivity index (χ0v) is 25.0. The maximum Gasteiger partial charge on any atom is 0.178 e. The average molecular weight is 601 g/mol. The maximum atomic E-state index is 5.07. The number of hydrogen-bond donors (Lipinski definition) is 0. The molecule has 0 N–H and O–H groups in total. The number of para-hydroxylation sites is 3. The van der Waals surface area contributed by atoms with Gasteiger partial charge < -0.3 is 9.13 Å². The minimum absolute atomic E-state index is 0.715. The van der Waals surface area contributed by atoms with Crippen LogP contribution in [-0.4, -0.2) is 28.5 Å². The highest BCUT2D eigenvalue weighted by molar-refractivity contribution is 6.29. The number of imidazole rings is 1. The Hall–Kier alpha value is -6.53. The molecule has 0 amide bonds. The molecule has 0 spiro atoms. The lowest BCUT2D eigenvalue weighted by Gasteiger charge is -2.13. The molecule has 0 aliphatic carbocycles. The smallest absolute Gasteiger partial charge is 0.178 e. The lowest BCUT2D eigenvalue weighted by molar-refractivity contribution is 1.17. The second-order valence-electron chi connectivity index (χ2n) is 12.1. The zero-order valence-electron chi connectivity index (χ0n) is 25.0. The van der Waals surface area contributed by atoms with E-state index >= 15 is 0 Å². The minimum Gasteiger partial charge on any atom is -0.309 e. The lowest BCUT2D eigenvalue weighted by atomic mass is 10.0. The van der Waals surface area contributed by atoms with E-state index in [-0.39, 0.29) is 0 Å². The fourth-order valence-electron chi connectivity index (χ4n) is 7.80. The number of nitrogens with zero attached hydrogens (tertiary/aromatic N) is 6. The van der Waals surface area contributed by atoms with Gasteiger partial charge in [-0.2, -0.15) is 0 Å². The van der Waals surface area contributed by atoms with Gasteiger partial charge in [0.25, 0.3) is 0 Å². The highest BCUT2D eigenvalue weighted by atomic mass is 15.1. The first-order valence-corrected chi connectivity index (χ1v) is 15.8. The van der Waals surface area contributed by atoms with Crippen LogP contribution in [0.15, 0.2) is 146 Å². The molecule has 6 heterocycles. The van der Waals surface area contributed by atoms with Crippen LogP contribution in [0.3, 0.4) is 0 Å². The summed E-state index contributed by atoms with van der Waals surface area (Å²) in [4.78, 5) is 14.6.